The number of hydrogen-bond donors (Lipinski definition) is 2. The van der Waals surface area contributed by atoms with Gasteiger partial charge in [0.25, 0.3) is 0 Å². The highest BCUT2D eigenvalue weighted by atomic mass is 19.1. The molecule has 1 aromatic carbocycles. The summed E-state index contributed by atoms with van der Waals surface area (Å²) in [6, 6.07) is 6.56. The summed E-state index contributed by atoms with van der Waals surface area (Å²) in [4.78, 5) is 11.9. The minimum atomic E-state index is -0.232. The third kappa shape index (κ3) is 5.70. The molecule has 112 valence electrons. The Bertz CT molecular complexity index is 419. The molecule has 20 heavy (non-hydrogen) atoms. The second kappa shape index (κ2) is 8.69. The number of carbonyl (C=O) groups excluding carboxylic acids is 1. The van der Waals surface area contributed by atoms with Crippen LogP contribution in [0.1, 0.15) is 39.2 Å². The van der Waals surface area contributed by atoms with E-state index in [4.69, 9.17) is 0 Å². The minimum Gasteiger partial charge on any atom is -0.352 e. The van der Waals surface area contributed by atoms with E-state index in [1.165, 1.54) is 12.1 Å². The second-order valence-corrected chi connectivity index (χ2v) is 5.08. The minimum absolute atomic E-state index is 0.0259. The van der Waals surface area contributed by atoms with E-state index in [9.17, 15) is 9.18 Å². The van der Waals surface area contributed by atoms with Gasteiger partial charge in [0.05, 0.1) is 6.04 Å². The Morgan fingerprint density at radius 3 is 2.60 bits per heavy atom. The van der Waals surface area contributed by atoms with Gasteiger partial charge in [-0.15, -0.1) is 0 Å². The molecule has 1 amide bonds. The maximum atomic E-state index is 13.0. The van der Waals surface area contributed by atoms with Gasteiger partial charge in [-0.05, 0) is 50.4 Å². The predicted molar refractivity (Wildman–Crippen MR) is 80.1 cm³/mol. The van der Waals surface area contributed by atoms with E-state index in [-0.39, 0.29) is 23.8 Å². The van der Waals surface area contributed by atoms with Crippen molar-refractivity contribution in [2.45, 2.75) is 52.1 Å². The molecule has 1 aromatic rings. The predicted octanol–water partition coefficient (Wildman–Crippen LogP) is 2.65. The second-order valence-electron chi connectivity index (χ2n) is 5.08. The number of nitrogens with one attached hydrogen (secondary N) is 2. The van der Waals surface area contributed by atoms with Gasteiger partial charge in [-0.2, -0.15) is 0 Å². The molecule has 0 aliphatic heterocycles. The Morgan fingerprint density at radius 2 is 2.00 bits per heavy atom. The highest BCUT2D eigenvalue weighted by molar-refractivity contribution is 5.81. The topological polar surface area (TPSA) is 41.1 Å². The molecule has 2 N–H and O–H groups in total. The molecule has 1 rings (SSSR count). The van der Waals surface area contributed by atoms with Crippen LogP contribution in [0.4, 0.5) is 4.39 Å². The fourth-order valence-electron chi connectivity index (χ4n) is 2.04. The monoisotopic (exact) mass is 280 g/mol. The molecule has 0 fully saturated rings. The molecular formula is C16H25FN2O. The molecule has 3 nitrogen and oxygen atoms in total. The summed E-state index contributed by atoms with van der Waals surface area (Å²) in [7, 11) is 0. The van der Waals surface area contributed by atoms with E-state index in [2.05, 4.69) is 24.5 Å². The third-order valence-corrected chi connectivity index (χ3v) is 3.48. The Hall–Kier alpha value is -1.42. The number of hydrogen-bond acceptors (Lipinski definition) is 2. The highest BCUT2D eigenvalue weighted by Gasteiger charge is 2.14. The van der Waals surface area contributed by atoms with Gasteiger partial charge < -0.3 is 10.6 Å². The van der Waals surface area contributed by atoms with E-state index in [0.717, 1.165) is 18.4 Å². The van der Waals surface area contributed by atoms with Crippen LogP contribution >= 0.6 is 0 Å². The summed E-state index contributed by atoms with van der Waals surface area (Å²) < 4.78 is 13.0. The molecule has 0 spiro atoms. The van der Waals surface area contributed by atoms with Crippen LogP contribution in [0, 0.1) is 5.82 Å². The summed E-state index contributed by atoms with van der Waals surface area (Å²) in [6.07, 6.45) is 2.59. The van der Waals surface area contributed by atoms with Crippen LogP contribution in [0.15, 0.2) is 24.3 Å². The highest BCUT2D eigenvalue weighted by Crippen LogP contribution is 2.03. The van der Waals surface area contributed by atoms with Gasteiger partial charge in [-0.1, -0.05) is 26.0 Å². The van der Waals surface area contributed by atoms with Crippen LogP contribution in [0.5, 0.6) is 0 Å². The third-order valence-electron chi connectivity index (χ3n) is 3.48. The van der Waals surface area contributed by atoms with Crippen molar-refractivity contribution in [3.05, 3.63) is 35.6 Å². The molecule has 1 unspecified atom stereocenters. The van der Waals surface area contributed by atoms with Crippen LogP contribution in [0.25, 0.3) is 0 Å². The van der Waals surface area contributed by atoms with Crippen LogP contribution < -0.4 is 10.6 Å². The number of carbonyl (C=O) groups is 1. The maximum absolute atomic E-state index is 13.0. The summed E-state index contributed by atoms with van der Waals surface area (Å²) in [5.74, 6) is -0.194. The zero-order chi connectivity index (χ0) is 15.0. The molecular weight excluding hydrogens is 255 g/mol. The Balaban J connectivity index is 2.32. The Morgan fingerprint density at radius 1 is 1.30 bits per heavy atom. The molecule has 0 aromatic heterocycles. The van der Waals surface area contributed by atoms with Crippen LogP contribution in [-0.4, -0.2) is 24.5 Å². The molecule has 0 bridgehead atoms. The molecule has 0 saturated carbocycles. The van der Waals surface area contributed by atoms with Crippen molar-refractivity contribution in [3.63, 3.8) is 0 Å². The summed E-state index contributed by atoms with van der Waals surface area (Å²) in [5.41, 5.74) is 0.935. The fourth-order valence-corrected chi connectivity index (χ4v) is 2.04. The van der Waals surface area contributed by atoms with E-state index < -0.39 is 0 Å². The first-order chi connectivity index (χ1) is 9.56. The quantitative estimate of drug-likeness (QED) is 0.768. The zero-order valence-electron chi connectivity index (χ0n) is 12.6. The summed E-state index contributed by atoms with van der Waals surface area (Å²) in [5, 5.41) is 6.18. The maximum Gasteiger partial charge on any atom is 0.237 e. The smallest absolute Gasteiger partial charge is 0.237 e. The number of amides is 1. The lowest BCUT2D eigenvalue weighted by molar-refractivity contribution is -0.123. The molecule has 0 aliphatic carbocycles. The Kier molecular flexibility index (Phi) is 7.23. The number of rotatable bonds is 8. The molecule has 1 atom stereocenters. The van der Waals surface area contributed by atoms with Crippen molar-refractivity contribution < 1.29 is 9.18 Å². The van der Waals surface area contributed by atoms with E-state index >= 15 is 0 Å². The molecule has 0 heterocycles. The van der Waals surface area contributed by atoms with Crippen LogP contribution in [0.2, 0.25) is 0 Å². The fraction of sp³-hybridized carbons (Fsp3) is 0.562. The van der Waals surface area contributed by atoms with Gasteiger partial charge in [0, 0.05) is 6.04 Å². The van der Waals surface area contributed by atoms with Crippen molar-refractivity contribution >= 4 is 5.91 Å². The van der Waals surface area contributed by atoms with E-state index in [0.29, 0.717) is 13.0 Å². The van der Waals surface area contributed by atoms with Crippen molar-refractivity contribution in [3.8, 4) is 0 Å². The lowest BCUT2D eigenvalue weighted by Crippen LogP contribution is -2.46. The van der Waals surface area contributed by atoms with Gasteiger partial charge >= 0.3 is 0 Å². The summed E-state index contributed by atoms with van der Waals surface area (Å²) >= 11 is 0. The van der Waals surface area contributed by atoms with Crippen molar-refractivity contribution in [1.29, 1.82) is 0 Å². The van der Waals surface area contributed by atoms with Gasteiger partial charge in [-0.3, -0.25) is 4.79 Å². The number of halogens is 1. The van der Waals surface area contributed by atoms with Gasteiger partial charge in [0.2, 0.25) is 5.91 Å². The first-order valence-corrected chi connectivity index (χ1v) is 7.35. The van der Waals surface area contributed by atoms with Crippen LogP contribution in [0.3, 0.4) is 0 Å². The first kappa shape index (κ1) is 16.6. The molecule has 0 aliphatic rings. The van der Waals surface area contributed by atoms with Crippen molar-refractivity contribution in [1.82, 2.24) is 10.6 Å². The normalized spacial score (nSPS) is 12.4. The van der Waals surface area contributed by atoms with Crippen molar-refractivity contribution in [2.24, 2.45) is 0 Å². The molecule has 0 saturated heterocycles. The molecule has 0 radical (unpaired) electrons. The SMILES string of the molecule is CCC(CC)NC(=O)C(C)NCCc1cccc(F)c1. The lowest BCUT2D eigenvalue weighted by atomic mass is 10.1. The molecule has 4 heteroatoms. The van der Waals surface area contributed by atoms with E-state index in [1.54, 1.807) is 6.07 Å². The zero-order valence-corrected chi connectivity index (χ0v) is 12.6. The lowest BCUT2D eigenvalue weighted by Gasteiger charge is -2.19. The average Bonchev–Trinajstić information content (AvgIpc) is 2.44. The van der Waals surface area contributed by atoms with Crippen molar-refractivity contribution in [2.75, 3.05) is 6.54 Å². The van der Waals surface area contributed by atoms with Gasteiger partial charge in [0.1, 0.15) is 5.82 Å². The van der Waals surface area contributed by atoms with Gasteiger partial charge in [-0.25, -0.2) is 4.39 Å². The van der Waals surface area contributed by atoms with Crippen LogP contribution in [-0.2, 0) is 11.2 Å². The standard InChI is InChI=1S/C16H25FN2O/c1-4-15(5-2)19-16(20)12(3)18-10-9-13-7-6-8-14(17)11-13/h6-8,11-12,15,18H,4-5,9-10H2,1-3H3,(H,19,20). The Labute approximate surface area is 121 Å². The summed E-state index contributed by atoms with van der Waals surface area (Å²) in [6.45, 7) is 6.64. The largest absolute Gasteiger partial charge is 0.352 e. The number of benzene rings is 1. The van der Waals surface area contributed by atoms with Gasteiger partial charge in [0.15, 0.2) is 0 Å². The first-order valence-electron chi connectivity index (χ1n) is 7.35. The van der Waals surface area contributed by atoms with E-state index in [1.807, 2.05) is 13.0 Å². The average molecular weight is 280 g/mol.